The van der Waals surface area contributed by atoms with E-state index in [9.17, 15) is 14.8 Å². The molecule has 32 heavy (non-hydrogen) atoms. The summed E-state index contributed by atoms with van der Waals surface area (Å²) in [7, 11) is 1.56. The first-order chi connectivity index (χ1) is 15.5. The third-order valence-electron chi connectivity index (χ3n) is 4.55. The van der Waals surface area contributed by atoms with Crippen molar-refractivity contribution >= 4 is 23.0 Å². The van der Waals surface area contributed by atoms with Crippen LogP contribution in [0.25, 0.3) is 11.0 Å². The van der Waals surface area contributed by atoms with Gasteiger partial charge in [0.15, 0.2) is 5.69 Å². The van der Waals surface area contributed by atoms with Crippen LogP contribution in [-0.4, -0.2) is 37.2 Å². The highest BCUT2D eigenvalue weighted by molar-refractivity contribution is 5.88. The second-order valence-corrected chi connectivity index (χ2v) is 6.69. The zero-order valence-electron chi connectivity index (χ0n) is 18.1. The van der Waals surface area contributed by atoms with Crippen LogP contribution in [0.1, 0.15) is 35.6 Å². The van der Waals surface area contributed by atoms with Crippen molar-refractivity contribution in [2.75, 3.05) is 20.3 Å². The number of carbonyl (C=O) groups excluding carboxylic acids is 2. The molecule has 0 atom stereocenters. The Balaban J connectivity index is 1.86. The maximum absolute atomic E-state index is 13.0. The fourth-order valence-corrected chi connectivity index (χ4v) is 3.06. The van der Waals surface area contributed by atoms with Crippen LogP contribution in [0.3, 0.4) is 0 Å². The summed E-state index contributed by atoms with van der Waals surface area (Å²) in [6.07, 6.45) is 0.0153. The molecule has 0 fully saturated rings. The number of ether oxygens (including phenoxy) is 4. The van der Waals surface area contributed by atoms with E-state index >= 15 is 0 Å². The molecule has 0 bridgehead atoms. The molecule has 1 aromatic heterocycles. The predicted octanol–water partition coefficient (Wildman–Crippen LogP) is 2.74. The summed E-state index contributed by atoms with van der Waals surface area (Å²) in [6, 6.07) is 11.8. The van der Waals surface area contributed by atoms with E-state index in [1.165, 1.54) is 6.07 Å². The minimum absolute atomic E-state index is 0.0122. The van der Waals surface area contributed by atoms with Gasteiger partial charge in [-0.15, -0.1) is 0 Å². The van der Waals surface area contributed by atoms with Crippen molar-refractivity contribution in [2.24, 2.45) is 0 Å². The molecule has 0 N–H and O–H groups in total. The molecule has 0 aliphatic rings. The fourth-order valence-electron chi connectivity index (χ4n) is 3.06. The lowest BCUT2D eigenvalue weighted by molar-refractivity contribution is -0.581. The van der Waals surface area contributed by atoms with Crippen LogP contribution >= 0.6 is 0 Å². The lowest BCUT2D eigenvalue weighted by Crippen LogP contribution is -2.39. The summed E-state index contributed by atoms with van der Waals surface area (Å²) < 4.78 is 21.3. The highest BCUT2D eigenvalue weighted by Gasteiger charge is 2.28. The molecule has 0 spiro atoms. The van der Waals surface area contributed by atoms with Crippen molar-refractivity contribution in [2.45, 2.75) is 26.9 Å². The van der Waals surface area contributed by atoms with Crippen molar-refractivity contribution in [1.82, 2.24) is 4.98 Å². The van der Waals surface area contributed by atoms with Gasteiger partial charge >= 0.3 is 17.6 Å². The summed E-state index contributed by atoms with van der Waals surface area (Å²) >= 11 is 0. The molecule has 2 aromatic carbocycles. The number of nitrogens with zero attached hydrogens (tertiary/aromatic N) is 2. The third kappa shape index (κ3) is 5.23. The first-order valence-corrected chi connectivity index (χ1v) is 10.1. The van der Waals surface area contributed by atoms with E-state index in [0.717, 1.165) is 5.56 Å². The van der Waals surface area contributed by atoms with Crippen molar-refractivity contribution in [3.63, 3.8) is 0 Å². The average molecular weight is 440 g/mol. The lowest BCUT2D eigenvalue weighted by Gasteiger charge is -2.12. The van der Waals surface area contributed by atoms with Gasteiger partial charge in [0, 0.05) is 0 Å². The summed E-state index contributed by atoms with van der Waals surface area (Å²) in [5, 5.41) is 13.0. The maximum atomic E-state index is 13.0. The van der Waals surface area contributed by atoms with E-state index in [2.05, 4.69) is 4.98 Å². The molecular formula is C23H24N2O7. The Morgan fingerprint density at radius 3 is 2.38 bits per heavy atom. The van der Waals surface area contributed by atoms with Crippen molar-refractivity contribution in [3.05, 3.63) is 64.6 Å². The first-order valence-electron chi connectivity index (χ1n) is 10.1. The van der Waals surface area contributed by atoms with Gasteiger partial charge in [0.05, 0.1) is 32.8 Å². The molecule has 9 heteroatoms. The monoisotopic (exact) mass is 440 g/mol. The minimum Gasteiger partial charge on any atom is -0.618 e. The Morgan fingerprint density at radius 2 is 1.72 bits per heavy atom. The van der Waals surface area contributed by atoms with Gasteiger partial charge in [0.2, 0.25) is 5.52 Å². The molecule has 0 unspecified atom stereocenters. The van der Waals surface area contributed by atoms with Crippen LogP contribution in [0.4, 0.5) is 0 Å². The molecule has 1 heterocycles. The Morgan fingerprint density at radius 1 is 1.00 bits per heavy atom. The van der Waals surface area contributed by atoms with Gasteiger partial charge in [-0.25, -0.2) is 9.78 Å². The van der Waals surface area contributed by atoms with E-state index in [-0.39, 0.29) is 36.5 Å². The number of fused-ring (bicyclic) bond motifs is 1. The quantitative estimate of drug-likeness (QED) is 0.284. The second kappa shape index (κ2) is 10.4. The van der Waals surface area contributed by atoms with Crippen molar-refractivity contribution < 1.29 is 33.3 Å². The van der Waals surface area contributed by atoms with E-state index in [1.54, 1.807) is 50.4 Å². The lowest BCUT2D eigenvalue weighted by atomic mass is 10.1. The van der Waals surface area contributed by atoms with Crippen LogP contribution in [0.15, 0.2) is 42.5 Å². The Kier molecular flexibility index (Phi) is 7.43. The molecule has 0 aliphatic heterocycles. The van der Waals surface area contributed by atoms with Gasteiger partial charge in [0.1, 0.15) is 23.6 Å². The Bertz CT molecular complexity index is 1110. The average Bonchev–Trinajstić information content (AvgIpc) is 2.79. The van der Waals surface area contributed by atoms with E-state index < -0.39 is 11.9 Å². The SMILES string of the molecule is CCOC(=O)c1c(COC(=O)Cc2ccc(OC)cc2)nc2ccc(OCC)cc2[n+]1[O-]. The number of esters is 2. The number of carbonyl (C=O) groups is 2. The maximum Gasteiger partial charge on any atom is 0.407 e. The zero-order valence-corrected chi connectivity index (χ0v) is 18.1. The molecule has 168 valence electrons. The van der Waals surface area contributed by atoms with E-state index in [0.29, 0.717) is 28.4 Å². The van der Waals surface area contributed by atoms with Gasteiger partial charge < -0.3 is 24.2 Å². The minimum atomic E-state index is -0.847. The number of hydrogen-bond donors (Lipinski definition) is 0. The largest absolute Gasteiger partial charge is 0.618 e. The Labute approximate surface area is 185 Å². The zero-order chi connectivity index (χ0) is 23.1. The molecule has 0 radical (unpaired) electrons. The first kappa shape index (κ1) is 22.8. The summed E-state index contributed by atoms with van der Waals surface area (Å²) in [5.74, 6) is -0.232. The second-order valence-electron chi connectivity index (χ2n) is 6.69. The number of benzene rings is 2. The van der Waals surface area contributed by atoms with Gasteiger partial charge in [-0.05, 0) is 43.7 Å². The van der Waals surface area contributed by atoms with Gasteiger partial charge in [0.25, 0.3) is 0 Å². The third-order valence-corrected chi connectivity index (χ3v) is 4.55. The highest BCUT2D eigenvalue weighted by Crippen LogP contribution is 2.20. The van der Waals surface area contributed by atoms with Crippen LogP contribution in [0.2, 0.25) is 0 Å². The molecule has 0 saturated carbocycles. The van der Waals surface area contributed by atoms with Gasteiger partial charge in [-0.3, -0.25) is 4.79 Å². The Hall–Kier alpha value is -3.88. The smallest absolute Gasteiger partial charge is 0.407 e. The fraction of sp³-hybridized carbons (Fsp3) is 0.304. The standard InChI is InChI=1S/C23H24N2O7/c1-4-30-17-10-11-18-20(13-17)25(28)22(23(27)31-5-2)19(24-18)14-32-21(26)12-15-6-8-16(29-3)9-7-15/h6-11,13H,4-5,12,14H2,1-3H3. The molecule has 0 aliphatic carbocycles. The van der Waals surface area contributed by atoms with Crippen molar-refractivity contribution in [1.29, 1.82) is 0 Å². The van der Waals surface area contributed by atoms with Gasteiger partial charge in [-0.2, -0.15) is 4.73 Å². The normalized spacial score (nSPS) is 10.6. The van der Waals surface area contributed by atoms with Crippen LogP contribution in [-0.2, 0) is 27.3 Å². The molecular weight excluding hydrogens is 416 g/mol. The van der Waals surface area contributed by atoms with Crippen molar-refractivity contribution in [3.8, 4) is 11.5 Å². The van der Waals surface area contributed by atoms with E-state index in [4.69, 9.17) is 18.9 Å². The summed E-state index contributed by atoms with van der Waals surface area (Å²) in [6.45, 7) is 3.59. The van der Waals surface area contributed by atoms with Crippen LogP contribution < -0.4 is 14.2 Å². The summed E-state index contributed by atoms with van der Waals surface area (Å²) in [5.41, 5.74) is 0.892. The van der Waals surface area contributed by atoms with E-state index in [1.807, 2.05) is 6.92 Å². The molecule has 3 aromatic rings. The highest BCUT2D eigenvalue weighted by atomic mass is 16.5. The summed E-state index contributed by atoms with van der Waals surface area (Å²) in [4.78, 5) is 29.2. The topological polar surface area (TPSA) is 111 Å². The molecule has 0 saturated heterocycles. The van der Waals surface area contributed by atoms with Gasteiger partial charge in [-0.1, -0.05) is 12.1 Å². The number of rotatable bonds is 9. The van der Waals surface area contributed by atoms with Crippen LogP contribution in [0, 0.1) is 5.21 Å². The number of methoxy groups -OCH3 is 1. The predicted molar refractivity (Wildman–Crippen MR) is 114 cm³/mol. The number of aromatic nitrogens is 2. The number of hydrogen-bond acceptors (Lipinski definition) is 8. The molecule has 0 amide bonds. The molecule has 3 rings (SSSR count). The van der Waals surface area contributed by atoms with Crippen LogP contribution in [0.5, 0.6) is 11.5 Å². The molecule has 9 nitrogen and oxygen atoms in total.